The first kappa shape index (κ1) is 13.3. The molecule has 1 heterocycles. The fourth-order valence-electron chi connectivity index (χ4n) is 2.70. The molecule has 1 saturated heterocycles. The first-order chi connectivity index (χ1) is 8.49. The smallest absolute Gasteiger partial charge is 0.123 e. The molecular weight excluding hydrogens is 229 g/mol. The zero-order valence-corrected chi connectivity index (χ0v) is 11.4. The molecule has 2 rings (SSSR count). The molecule has 3 unspecified atom stereocenters. The van der Waals surface area contributed by atoms with Gasteiger partial charge in [0.25, 0.3) is 0 Å². The molecule has 1 fully saturated rings. The second-order valence-corrected chi connectivity index (χ2v) is 5.62. The molecule has 18 heavy (non-hydrogen) atoms. The molecule has 1 aromatic carbocycles. The van der Waals surface area contributed by atoms with Crippen LogP contribution in [0.3, 0.4) is 0 Å². The highest BCUT2D eigenvalue weighted by atomic mass is 19.1. The maximum atomic E-state index is 13.3. The van der Waals surface area contributed by atoms with Crippen molar-refractivity contribution < 1.29 is 9.50 Å². The fourth-order valence-corrected chi connectivity index (χ4v) is 2.70. The molecule has 0 bridgehead atoms. The van der Waals surface area contributed by atoms with Crippen LogP contribution in [0.15, 0.2) is 18.2 Å². The van der Waals surface area contributed by atoms with Gasteiger partial charge in [0.2, 0.25) is 0 Å². The van der Waals surface area contributed by atoms with Crippen LogP contribution in [-0.2, 0) is 0 Å². The van der Waals surface area contributed by atoms with E-state index in [1.165, 1.54) is 24.6 Å². The summed E-state index contributed by atoms with van der Waals surface area (Å²) >= 11 is 0. The van der Waals surface area contributed by atoms with E-state index in [0.29, 0.717) is 11.5 Å². The van der Waals surface area contributed by atoms with Crippen molar-refractivity contribution in [2.75, 3.05) is 13.1 Å². The van der Waals surface area contributed by atoms with Crippen molar-refractivity contribution in [1.82, 2.24) is 4.90 Å². The highest BCUT2D eigenvalue weighted by Crippen LogP contribution is 2.33. The topological polar surface area (TPSA) is 23.5 Å². The summed E-state index contributed by atoms with van der Waals surface area (Å²) in [4.78, 5) is 2.33. The van der Waals surface area contributed by atoms with Crippen LogP contribution in [-0.4, -0.2) is 23.1 Å². The molecular formula is C15H22FNO. The van der Waals surface area contributed by atoms with Crippen LogP contribution in [0.25, 0.3) is 0 Å². The van der Waals surface area contributed by atoms with E-state index in [1.54, 1.807) is 0 Å². The zero-order valence-electron chi connectivity index (χ0n) is 11.4. The number of nitrogens with zero attached hydrogens (tertiary/aromatic N) is 1. The second kappa shape index (κ2) is 5.27. The Morgan fingerprint density at radius 2 is 2.06 bits per heavy atom. The average Bonchev–Trinajstić information content (AvgIpc) is 2.35. The minimum atomic E-state index is -0.284. The van der Waals surface area contributed by atoms with Gasteiger partial charge in [0.1, 0.15) is 11.6 Å². The Hall–Kier alpha value is -1.09. The number of hydrogen-bond donors (Lipinski definition) is 1. The number of benzene rings is 1. The van der Waals surface area contributed by atoms with E-state index in [4.69, 9.17) is 0 Å². The van der Waals surface area contributed by atoms with Gasteiger partial charge in [-0.1, -0.05) is 13.8 Å². The van der Waals surface area contributed by atoms with Gasteiger partial charge in [0.15, 0.2) is 0 Å². The van der Waals surface area contributed by atoms with E-state index in [1.807, 2.05) is 6.92 Å². The lowest BCUT2D eigenvalue weighted by Gasteiger charge is -2.39. The van der Waals surface area contributed by atoms with Crippen molar-refractivity contribution in [3.8, 4) is 5.75 Å². The number of rotatable bonds is 2. The Bertz CT molecular complexity index is 421. The van der Waals surface area contributed by atoms with Gasteiger partial charge in [-0.2, -0.15) is 0 Å². The molecule has 3 heteroatoms. The van der Waals surface area contributed by atoms with Crippen molar-refractivity contribution >= 4 is 0 Å². The Morgan fingerprint density at radius 1 is 1.33 bits per heavy atom. The van der Waals surface area contributed by atoms with E-state index in [9.17, 15) is 9.50 Å². The number of hydrogen-bond acceptors (Lipinski definition) is 2. The summed E-state index contributed by atoms with van der Waals surface area (Å²) in [5.41, 5.74) is 0.691. The lowest BCUT2D eigenvalue weighted by molar-refractivity contribution is 0.101. The predicted octanol–water partition coefficient (Wildman–Crippen LogP) is 3.57. The van der Waals surface area contributed by atoms with Gasteiger partial charge in [0, 0.05) is 18.2 Å². The van der Waals surface area contributed by atoms with Crippen LogP contribution in [0.4, 0.5) is 4.39 Å². The van der Waals surface area contributed by atoms with Gasteiger partial charge in [-0.15, -0.1) is 0 Å². The standard InChI is InChI=1S/C15H22FNO/c1-10-6-7-17(9-11(10)2)12(3)14-8-13(16)4-5-15(14)18/h4-5,8,10-12,18H,6-7,9H2,1-3H3. The van der Waals surface area contributed by atoms with Crippen LogP contribution in [0.1, 0.15) is 38.8 Å². The number of phenols is 1. The van der Waals surface area contributed by atoms with Crippen molar-refractivity contribution in [2.45, 2.75) is 33.2 Å². The first-order valence-corrected chi connectivity index (χ1v) is 6.71. The van der Waals surface area contributed by atoms with Gasteiger partial charge in [-0.25, -0.2) is 4.39 Å². The van der Waals surface area contributed by atoms with E-state index in [0.717, 1.165) is 19.0 Å². The summed E-state index contributed by atoms with van der Waals surface area (Å²) in [5.74, 6) is 1.30. The van der Waals surface area contributed by atoms with Crippen LogP contribution in [0.2, 0.25) is 0 Å². The number of likely N-dealkylation sites (tertiary alicyclic amines) is 1. The third-order valence-electron chi connectivity index (χ3n) is 4.35. The van der Waals surface area contributed by atoms with E-state index >= 15 is 0 Å². The minimum Gasteiger partial charge on any atom is -0.508 e. The maximum absolute atomic E-state index is 13.3. The molecule has 0 saturated carbocycles. The highest BCUT2D eigenvalue weighted by molar-refractivity contribution is 5.35. The Morgan fingerprint density at radius 3 is 2.72 bits per heavy atom. The molecule has 1 aliphatic heterocycles. The van der Waals surface area contributed by atoms with Crippen molar-refractivity contribution in [1.29, 1.82) is 0 Å². The molecule has 0 aliphatic carbocycles. The SMILES string of the molecule is CC1CCN(C(C)c2cc(F)ccc2O)CC1C. The van der Waals surface area contributed by atoms with Crippen LogP contribution < -0.4 is 0 Å². The Balaban J connectivity index is 2.16. The summed E-state index contributed by atoms with van der Waals surface area (Å²) in [7, 11) is 0. The van der Waals surface area contributed by atoms with Crippen molar-refractivity contribution in [2.24, 2.45) is 11.8 Å². The van der Waals surface area contributed by atoms with Crippen LogP contribution in [0, 0.1) is 17.7 Å². The van der Waals surface area contributed by atoms with Gasteiger partial charge < -0.3 is 5.11 Å². The van der Waals surface area contributed by atoms with Crippen molar-refractivity contribution in [3.05, 3.63) is 29.6 Å². The van der Waals surface area contributed by atoms with Crippen molar-refractivity contribution in [3.63, 3.8) is 0 Å². The summed E-state index contributed by atoms with van der Waals surface area (Å²) in [6.07, 6.45) is 1.17. The normalized spacial score (nSPS) is 27.1. The lowest BCUT2D eigenvalue weighted by Crippen LogP contribution is -2.39. The molecule has 0 radical (unpaired) electrons. The third-order valence-corrected chi connectivity index (χ3v) is 4.35. The molecule has 0 spiro atoms. The zero-order chi connectivity index (χ0) is 13.3. The van der Waals surface area contributed by atoms with Crippen LogP contribution in [0.5, 0.6) is 5.75 Å². The number of aromatic hydroxyl groups is 1. The Labute approximate surface area is 108 Å². The summed E-state index contributed by atoms with van der Waals surface area (Å²) in [6.45, 7) is 8.61. The average molecular weight is 251 g/mol. The highest BCUT2D eigenvalue weighted by Gasteiger charge is 2.27. The Kier molecular flexibility index (Phi) is 3.91. The summed E-state index contributed by atoms with van der Waals surface area (Å²) in [5, 5.41) is 9.86. The second-order valence-electron chi connectivity index (χ2n) is 5.62. The first-order valence-electron chi connectivity index (χ1n) is 6.71. The summed E-state index contributed by atoms with van der Waals surface area (Å²) in [6, 6.07) is 4.25. The molecule has 3 atom stereocenters. The molecule has 1 N–H and O–H groups in total. The number of phenolic OH excluding ortho intramolecular Hbond substituents is 1. The van der Waals surface area contributed by atoms with E-state index in [2.05, 4.69) is 18.7 Å². The molecule has 1 aromatic rings. The largest absolute Gasteiger partial charge is 0.508 e. The van der Waals surface area contributed by atoms with Gasteiger partial charge in [0.05, 0.1) is 0 Å². The lowest BCUT2D eigenvalue weighted by atomic mass is 9.87. The molecule has 100 valence electrons. The molecule has 0 amide bonds. The maximum Gasteiger partial charge on any atom is 0.123 e. The molecule has 2 nitrogen and oxygen atoms in total. The van der Waals surface area contributed by atoms with E-state index < -0.39 is 0 Å². The van der Waals surface area contributed by atoms with E-state index in [-0.39, 0.29) is 17.6 Å². The quantitative estimate of drug-likeness (QED) is 0.868. The predicted molar refractivity (Wildman–Crippen MR) is 71.0 cm³/mol. The third kappa shape index (κ3) is 2.66. The number of piperidine rings is 1. The monoisotopic (exact) mass is 251 g/mol. The summed E-state index contributed by atoms with van der Waals surface area (Å²) < 4.78 is 13.3. The van der Waals surface area contributed by atoms with Crippen LogP contribution >= 0.6 is 0 Å². The molecule has 0 aromatic heterocycles. The van der Waals surface area contributed by atoms with Gasteiger partial charge in [-0.3, -0.25) is 4.90 Å². The molecule has 1 aliphatic rings. The van der Waals surface area contributed by atoms with Gasteiger partial charge >= 0.3 is 0 Å². The van der Waals surface area contributed by atoms with Gasteiger partial charge in [-0.05, 0) is 49.9 Å². The minimum absolute atomic E-state index is 0.0654. The fraction of sp³-hybridized carbons (Fsp3) is 0.600. The number of halogens is 1.